The fourth-order valence-corrected chi connectivity index (χ4v) is 3.15. The quantitative estimate of drug-likeness (QED) is 0.698. The topological polar surface area (TPSA) is 79.8 Å². The van der Waals surface area contributed by atoms with Crippen molar-refractivity contribution in [2.24, 2.45) is 4.99 Å². The monoisotopic (exact) mass is 403 g/mol. The lowest BCUT2D eigenvalue weighted by Crippen LogP contribution is -2.14. The van der Waals surface area contributed by atoms with Crippen LogP contribution in [0.4, 0.5) is 11.4 Å². The molecule has 3 rings (SSSR count). The highest BCUT2D eigenvalue weighted by molar-refractivity contribution is 6.09. The van der Waals surface area contributed by atoms with E-state index in [0.717, 1.165) is 22.4 Å². The second-order valence-corrected chi connectivity index (χ2v) is 6.76. The summed E-state index contributed by atoms with van der Waals surface area (Å²) in [6.07, 6.45) is 5.38. The first kappa shape index (κ1) is 21.0. The molecule has 154 valence electrons. The molecular weight excluding hydrogens is 378 g/mol. The third kappa shape index (κ3) is 4.84. The Kier molecular flexibility index (Phi) is 6.80. The molecule has 0 spiro atoms. The molecule has 0 unspecified atom stereocenters. The molecule has 0 aliphatic carbocycles. The third-order valence-corrected chi connectivity index (χ3v) is 4.70. The van der Waals surface area contributed by atoms with Gasteiger partial charge in [-0.2, -0.15) is 0 Å². The molecule has 1 aliphatic heterocycles. The minimum absolute atomic E-state index is 0.176. The number of carbonyl (C=O) groups excluding carboxylic acids is 2. The number of nitrogens with zero attached hydrogens (tertiary/aromatic N) is 1. The van der Waals surface area contributed by atoms with Crippen molar-refractivity contribution >= 4 is 29.5 Å². The van der Waals surface area contributed by atoms with Crippen LogP contribution >= 0.6 is 0 Å². The normalized spacial score (nSPS) is 13.0. The average Bonchev–Trinajstić information content (AvgIpc) is 2.98. The van der Waals surface area contributed by atoms with Crippen LogP contribution in [0, 0.1) is 0 Å². The van der Waals surface area contributed by atoms with Crippen molar-refractivity contribution in [2.75, 3.05) is 30.8 Å². The summed E-state index contributed by atoms with van der Waals surface area (Å²) in [5.74, 6) is -0.529. The molecule has 1 amide bonds. The third-order valence-electron chi connectivity index (χ3n) is 4.70. The Morgan fingerprint density at radius 1 is 1.13 bits per heavy atom. The Labute approximate surface area is 176 Å². The second-order valence-electron chi connectivity index (χ2n) is 6.76. The van der Waals surface area contributed by atoms with Gasteiger partial charge in [-0.1, -0.05) is 24.3 Å². The van der Waals surface area contributed by atoms with E-state index in [0.29, 0.717) is 30.0 Å². The second kappa shape index (κ2) is 9.69. The van der Waals surface area contributed by atoms with Gasteiger partial charge in [-0.25, -0.2) is 4.79 Å². The maximum atomic E-state index is 12.6. The van der Waals surface area contributed by atoms with Crippen molar-refractivity contribution in [1.29, 1.82) is 0 Å². The van der Waals surface area contributed by atoms with E-state index in [4.69, 9.17) is 4.74 Å². The van der Waals surface area contributed by atoms with Crippen molar-refractivity contribution in [3.8, 4) is 11.1 Å². The largest absolute Gasteiger partial charge is 0.462 e. The van der Waals surface area contributed by atoms with Gasteiger partial charge in [-0.05, 0) is 55.3 Å². The van der Waals surface area contributed by atoms with E-state index in [9.17, 15) is 9.59 Å². The predicted octanol–water partition coefficient (Wildman–Crippen LogP) is 4.47. The Bertz CT molecular complexity index is 1030. The molecule has 0 saturated heterocycles. The van der Waals surface area contributed by atoms with Crippen LogP contribution in [0.5, 0.6) is 0 Å². The first-order chi connectivity index (χ1) is 14.5. The van der Waals surface area contributed by atoms with Crippen molar-refractivity contribution in [2.45, 2.75) is 13.8 Å². The summed E-state index contributed by atoms with van der Waals surface area (Å²) in [5, 5.41) is 6.07. The van der Waals surface area contributed by atoms with Crippen LogP contribution in [0.15, 0.2) is 70.8 Å². The number of hydrogen-bond donors (Lipinski definition) is 2. The summed E-state index contributed by atoms with van der Waals surface area (Å²) in [4.78, 5) is 28.9. The molecule has 30 heavy (non-hydrogen) atoms. The van der Waals surface area contributed by atoms with Gasteiger partial charge < -0.3 is 15.4 Å². The number of esters is 1. The first-order valence-electron chi connectivity index (χ1n) is 9.81. The Balaban J connectivity index is 1.83. The van der Waals surface area contributed by atoms with Crippen LogP contribution in [0.2, 0.25) is 0 Å². The van der Waals surface area contributed by atoms with Gasteiger partial charge in [0.1, 0.15) is 0 Å². The first-order valence-corrected chi connectivity index (χ1v) is 9.81. The van der Waals surface area contributed by atoms with Gasteiger partial charge in [-0.3, -0.25) is 9.79 Å². The minimum Gasteiger partial charge on any atom is -0.462 e. The van der Waals surface area contributed by atoms with Gasteiger partial charge in [0.2, 0.25) is 0 Å². The number of aliphatic imine (C=N–C) groups is 1. The number of benzene rings is 2. The predicted molar refractivity (Wildman–Crippen MR) is 121 cm³/mol. The SMILES string of the molecule is CCOC(=O)c1ccc(NC)c(-c2ccc(NC(=O)C3=C(C)C=NCC=C3)cc2)c1. The summed E-state index contributed by atoms with van der Waals surface area (Å²) in [6, 6.07) is 12.9. The van der Waals surface area contributed by atoms with Gasteiger partial charge in [0.05, 0.1) is 18.7 Å². The molecule has 6 heteroatoms. The molecule has 1 aliphatic rings. The van der Waals surface area contributed by atoms with Crippen LogP contribution in [-0.2, 0) is 9.53 Å². The van der Waals surface area contributed by atoms with E-state index in [1.807, 2.05) is 50.4 Å². The molecule has 2 N–H and O–H groups in total. The molecule has 0 atom stereocenters. The molecule has 2 aromatic carbocycles. The summed E-state index contributed by atoms with van der Waals surface area (Å²) in [5.41, 5.74) is 5.29. The Morgan fingerprint density at radius 2 is 1.90 bits per heavy atom. The van der Waals surface area contributed by atoms with E-state index < -0.39 is 0 Å². The van der Waals surface area contributed by atoms with Gasteiger partial charge in [0.15, 0.2) is 0 Å². The lowest BCUT2D eigenvalue weighted by molar-refractivity contribution is -0.112. The van der Waals surface area contributed by atoms with Crippen LogP contribution in [0.1, 0.15) is 24.2 Å². The number of nitrogens with one attached hydrogen (secondary N) is 2. The van der Waals surface area contributed by atoms with E-state index in [2.05, 4.69) is 15.6 Å². The molecule has 1 heterocycles. The minimum atomic E-state index is -0.353. The molecule has 0 bridgehead atoms. The summed E-state index contributed by atoms with van der Waals surface area (Å²) >= 11 is 0. The average molecular weight is 403 g/mol. The van der Waals surface area contributed by atoms with Crippen LogP contribution in [0.3, 0.4) is 0 Å². The standard InChI is InChI=1S/C24H25N3O3/c1-4-30-24(29)18-9-12-22(25-3)21(14-18)17-7-10-19(11-8-17)27-23(28)20-6-5-13-26-15-16(20)2/h5-12,14-15,25H,4,13H2,1-3H3,(H,27,28). The van der Waals surface area contributed by atoms with E-state index in [-0.39, 0.29) is 11.9 Å². The van der Waals surface area contributed by atoms with Crippen LogP contribution in [0.25, 0.3) is 11.1 Å². The van der Waals surface area contributed by atoms with Crippen molar-refractivity contribution in [3.63, 3.8) is 0 Å². The number of anilines is 2. The molecular formula is C24H25N3O3. The molecule has 0 aromatic heterocycles. The zero-order chi connectivity index (χ0) is 21.5. The van der Waals surface area contributed by atoms with E-state index in [1.54, 1.807) is 31.3 Å². The summed E-state index contributed by atoms with van der Waals surface area (Å²) in [6.45, 7) is 4.55. The zero-order valence-electron chi connectivity index (χ0n) is 17.4. The molecule has 0 radical (unpaired) electrons. The van der Waals surface area contributed by atoms with Crippen molar-refractivity contribution in [1.82, 2.24) is 0 Å². The number of allylic oxidation sites excluding steroid dienone is 1. The number of ether oxygens (including phenoxy) is 1. The Morgan fingerprint density at radius 3 is 2.60 bits per heavy atom. The Hall–Kier alpha value is -3.67. The number of amides is 1. The summed E-state index contributed by atoms with van der Waals surface area (Å²) < 4.78 is 5.10. The fourth-order valence-electron chi connectivity index (χ4n) is 3.15. The highest BCUT2D eigenvalue weighted by atomic mass is 16.5. The van der Waals surface area contributed by atoms with E-state index in [1.165, 1.54) is 0 Å². The highest BCUT2D eigenvalue weighted by Gasteiger charge is 2.13. The maximum absolute atomic E-state index is 12.6. The molecule has 0 fully saturated rings. The maximum Gasteiger partial charge on any atom is 0.338 e. The van der Waals surface area contributed by atoms with Gasteiger partial charge >= 0.3 is 5.97 Å². The number of carbonyl (C=O) groups is 2. The number of hydrogen-bond acceptors (Lipinski definition) is 5. The fraction of sp³-hybridized carbons (Fsp3) is 0.208. The highest BCUT2D eigenvalue weighted by Crippen LogP contribution is 2.30. The smallest absolute Gasteiger partial charge is 0.338 e. The van der Waals surface area contributed by atoms with Gasteiger partial charge in [-0.15, -0.1) is 0 Å². The van der Waals surface area contributed by atoms with Crippen LogP contribution < -0.4 is 10.6 Å². The van der Waals surface area contributed by atoms with Crippen molar-refractivity contribution < 1.29 is 14.3 Å². The van der Waals surface area contributed by atoms with Crippen LogP contribution in [-0.4, -0.2) is 38.3 Å². The number of rotatable bonds is 6. The van der Waals surface area contributed by atoms with Gasteiger partial charge in [0.25, 0.3) is 5.91 Å². The molecule has 6 nitrogen and oxygen atoms in total. The van der Waals surface area contributed by atoms with E-state index >= 15 is 0 Å². The molecule has 2 aromatic rings. The zero-order valence-corrected chi connectivity index (χ0v) is 17.4. The summed E-state index contributed by atoms with van der Waals surface area (Å²) in [7, 11) is 1.83. The molecule has 0 saturated carbocycles. The lowest BCUT2D eigenvalue weighted by atomic mass is 10.0. The van der Waals surface area contributed by atoms with Gasteiger partial charge in [0, 0.05) is 35.8 Å². The lowest BCUT2D eigenvalue weighted by Gasteiger charge is -2.13. The van der Waals surface area contributed by atoms with Crippen molar-refractivity contribution in [3.05, 3.63) is 71.3 Å².